The van der Waals surface area contributed by atoms with Gasteiger partial charge in [-0.25, -0.2) is 0 Å². The largest absolute Gasteiger partial charge is 0.466 e. The third-order valence-corrected chi connectivity index (χ3v) is 16.3. The molecule has 2 atom stereocenters. The lowest BCUT2D eigenvalue weighted by Crippen LogP contribution is -2.45. The number of aliphatic hydroxyl groups excluding tert-OH is 2. The Labute approximate surface area is 469 Å². The molecule has 0 aliphatic rings. The quantitative estimate of drug-likeness (QED) is 0.0320. The summed E-state index contributed by atoms with van der Waals surface area (Å²) in [5, 5.41) is 23.4. The summed E-state index contributed by atoms with van der Waals surface area (Å²) < 4.78 is 5.49. The number of nitrogens with one attached hydrogen (secondary N) is 1. The van der Waals surface area contributed by atoms with E-state index in [0.717, 1.165) is 38.5 Å². The van der Waals surface area contributed by atoms with Gasteiger partial charge in [0.25, 0.3) is 0 Å². The van der Waals surface area contributed by atoms with Crippen LogP contribution in [0.5, 0.6) is 0 Å². The summed E-state index contributed by atoms with van der Waals surface area (Å²) in [6.45, 7) is 4.99. The Kier molecular flexibility index (Phi) is 63.9. The first-order valence-electron chi connectivity index (χ1n) is 34.4. The third-order valence-electron chi connectivity index (χ3n) is 16.3. The number of carbonyl (C=O) groups excluding carboxylic acids is 2. The van der Waals surface area contributed by atoms with Gasteiger partial charge in [0.2, 0.25) is 5.91 Å². The average Bonchev–Trinajstić information content (AvgIpc) is 3.41. The second kappa shape index (κ2) is 65.1. The van der Waals surface area contributed by atoms with Crippen LogP contribution in [0.4, 0.5) is 0 Å². The summed E-state index contributed by atoms with van der Waals surface area (Å²) >= 11 is 0. The number of rotatable bonds is 65. The Morgan fingerprint density at radius 2 is 0.627 bits per heavy atom. The molecule has 3 N–H and O–H groups in total. The van der Waals surface area contributed by atoms with E-state index in [9.17, 15) is 19.8 Å². The van der Waals surface area contributed by atoms with Crippen molar-refractivity contribution >= 4 is 11.9 Å². The summed E-state index contributed by atoms with van der Waals surface area (Å²) in [7, 11) is 0. The van der Waals surface area contributed by atoms with Crippen molar-refractivity contribution in [1.82, 2.24) is 5.32 Å². The van der Waals surface area contributed by atoms with Gasteiger partial charge in [0.1, 0.15) is 0 Å². The fourth-order valence-corrected chi connectivity index (χ4v) is 11.1. The first kappa shape index (κ1) is 73.6. The second-order valence-corrected chi connectivity index (χ2v) is 23.9. The number of unbranched alkanes of at least 4 members (excludes halogenated alkanes) is 52. The normalized spacial score (nSPS) is 12.5. The topological polar surface area (TPSA) is 95.9 Å². The van der Waals surface area contributed by atoms with E-state index in [1.165, 1.54) is 321 Å². The highest BCUT2D eigenvalue weighted by molar-refractivity contribution is 5.76. The van der Waals surface area contributed by atoms with Gasteiger partial charge < -0.3 is 20.3 Å². The highest BCUT2D eigenvalue weighted by Gasteiger charge is 2.20. The van der Waals surface area contributed by atoms with Crippen LogP contribution in [0.1, 0.15) is 393 Å². The average molecular weight is 1060 g/mol. The van der Waals surface area contributed by atoms with Crippen molar-refractivity contribution in [2.24, 2.45) is 0 Å². The van der Waals surface area contributed by atoms with Crippen LogP contribution in [0.25, 0.3) is 0 Å². The lowest BCUT2D eigenvalue weighted by molar-refractivity contribution is -0.143. The molecule has 0 fully saturated rings. The van der Waals surface area contributed by atoms with Crippen molar-refractivity contribution in [3.63, 3.8) is 0 Å². The van der Waals surface area contributed by atoms with Gasteiger partial charge >= 0.3 is 5.97 Å². The zero-order chi connectivity index (χ0) is 54.3. The monoisotopic (exact) mass is 1060 g/mol. The molecule has 0 aromatic rings. The molecule has 0 radical (unpaired) electrons. The third kappa shape index (κ3) is 61.7. The number of carbonyl (C=O) groups is 2. The smallest absolute Gasteiger partial charge is 0.305 e. The molecule has 0 aromatic heterocycles. The molecule has 0 spiro atoms. The molecule has 0 heterocycles. The number of amides is 1. The van der Waals surface area contributed by atoms with Gasteiger partial charge in [0, 0.05) is 12.8 Å². The summed E-state index contributed by atoms with van der Waals surface area (Å²) in [6, 6.07) is -0.543. The van der Waals surface area contributed by atoms with Crippen LogP contribution >= 0.6 is 0 Å². The van der Waals surface area contributed by atoms with E-state index in [1.807, 2.05) is 0 Å². The Balaban J connectivity index is 3.38. The van der Waals surface area contributed by atoms with Crippen molar-refractivity contribution in [3.05, 3.63) is 12.2 Å². The molecule has 0 rings (SSSR count). The second-order valence-electron chi connectivity index (χ2n) is 23.9. The molecule has 0 aliphatic carbocycles. The lowest BCUT2D eigenvalue weighted by Gasteiger charge is -2.22. The van der Waals surface area contributed by atoms with Gasteiger partial charge in [0.05, 0.1) is 25.4 Å². The maximum Gasteiger partial charge on any atom is 0.305 e. The molecule has 0 aliphatic heterocycles. The maximum absolute atomic E-state index is 12.5. The maximum atomic E-state index is 12.5. The van der Waals surface area contributed by atoms with Crippen molar-refractivity contribution in [2.75, 3.05) is 13.2 Å². The molecular weight excluding hydrogens is 923 g/mol. The molecule has 0 aromatic carbocycles. The zero-order valence-electron chi connectivity index (χ0n) is 51.1. The van der Waals surface area contributed by atoms with Crippen LogP contribution in [0.2, 0.25) is 0 Å². The van der Waals surface area contributed by atoms with Gasteiger partial charge in [-0.15, -0.1) is 0 Å². The van der Waals surface area contributed by atoms with Crippen LogP contribution in [0.15, 0.2) is 12.2 Å². The highest BCUT2D eigenvalue weighted by Crippen LogP contribution is 2.19. The minimum Gasteiger partial charge on any atom is -0.466 e. The fraction of sp³-hybridized carbons (Fsp3) is 0.942. The molecule has 1 amide bonds. The fourth-order valence-electron chi connectivity index (χ4n) is 11.1. The van der Waals surface area contributed by atoms with Gasteiger partial charge in [-0.1, -0.05) is 341 Å². The molecule has 75 heavy (non-hydrogen) atoms. The molecule has 446 valence electrons. The van der Waals surface area contributed by atoms with Crippen molar-refractivity contribution in [1.29, 1.82) is 0 Å². The van der Waals surface area contributed by atoms with Gasteiger partial charge in [-0.05, 0) is 51.4 Å². The molecule has 0 bridgehead atoms. The predicted octanol–water partition coefficient (Wildman–Crippen LogP) is 22.0. The summed E-state index contributed by atoms with van der Waals surface area (Å²) in [5.74, 6) is -0.0152. The van der Waals surface area contributed by atoms with Crippen LogP contribution < -0.4 is 5.32 Å². The number of esters is 1. The van der Waals surface area contributed by atoms with Gasteiger partial charge in [-0.3, -0.25) is 9.59 Å². The number of hydrogen-bond donors (Lipinski definition) is 3. The summed E-state index contributed by atoms with van der Waals surface area (Å²) in [4.78, 5) is 24.6. The van der Waals surface area contributed by atoms with E-state index < -0.39 is 12.1 Å². The number of allylic oxidation sites excluding steroid dienone is 2. The highest BCUT2D eigenvalue weighted by atomic mass is 16.5. The SMILES string of the molecule is CCCCCCCCCCCCCCCCCCCCC(O)C(CO)NC(=O)CCCCCCCCCCCC/C=C\CCCCCCCCCCCCCCOC(=O)CCCCCCCCCCCCCCCC. The summed E-state index contributed by atoms with van der Waals surface area (Å²) in [5.41, 5.74) is 0. The lowest BCUT2D eigenvalue weighted by atomic mass is 10.0. The predicted molar refractivity (Wildman–Crippen MR) is 329 cm³/mol. The molecule has 0 saturated heterocycles. The van der Waals surface area contributed by atoms with E-state index >= 15 is 0 Å². The van der Waals surface area contributed by atoms with Gasteiger partial charge in [0.15, 0.2) is 0 Å². The Bertz CT molecular complexity index is 1130. The van der Waals surface area contributed by atoms with Crippen molar-refractivity contribution in [2.45, 2.75) is 405 Å². The molecule has 2 unspecified atom stereocenters. The van der Waals surface area contributed by atoms with Crippen molar-refractivity contribution in [3.8, 4) is 0 Å². The Morgan fingerprint density at radius 1 is 0.360 bits per heavy atom. The van der Waals surface area contributed by atoms with Crippen LogP contribution in [-0.4, -0.2) is 47.4 Å². The minimum absolute atomic E-state index is 0.0176. The number of hydrogen-bond acceptors (Lipinski definition) is 5. The molecule has 0 saturated carbocycles. The van der Waals surface area contributed by atoms with E-state index in [2.05, 4.69) is 31.3 Å². The van der Waals surface area contributed by atoms with Crippen LogP contribution in [0.3, 0.4) is 0 Å². The number of aliphatic hydroxyl groups is 2. The standard InChI is InChI=1S/C69H135NO5/c1-3-5-7-9-11-13-15-17-19-20-31-34-37-41-45-49-53-57-61-67(72)66(65-71)70-68(73)62-58-54-50-46-42-38-35-32-29-27-25-23-21-22-24-26-28-30-33-36-40-44-48-52-56-60-64-75-69(74)63-59-55-51-47-43-39-18-16-14-12-10-8-6-4-2/h21,23,66-67,71-72H,3-20,22,24-65H2,1-2H3,(H,70,73)/b23-21-. The minimum atomic E-state index is -0.665. The first-order valence-corrected chi connectivity index (χ1v) is 34.4. The Morgan fingerprint density at radius 3 is 0.947 bits per heavy atom. The van der Waals surface area contributed by atoms with E-state index in [-0.39, 0.29) is 18.5 Å². The van der Waals surface area contributed by atoms with Crippen LogP contribution in [-0.2, 0) is 14.3 Å². The zero-order valence-corrected chi connectivity index (χ0v) is 51.1. The van der Waals surface area contributed by atoms with E-state index in [4.69, 9.17) is 4.74 Å². The van der Waals surface area contributed by atoms with Crippen molar-refractivity contribution < 1.29 is 24.5 Å². The number of ether oxygens (including phenoxy) is 1. The van der Waals surface area contributed by atoms with Gasteiger partial charge in [-0.2, -0.15) is 0 Å². The first-order chi connectivity index (χ1) is 37.0. The summed E-state index contributed by atoms with van der Waals surface area (Å²) in [6.07, 6.45) is 79.6. The van der Waals surface area contributed by atoms with Crippen LogP contribution in [0, 0.1) is 0 Å². The molecule has 6 heteroatoms. The van der Waals surface area contributed by atoms with E-state index in [0.29, 0.717) is 25.9 Å². The molecule has 6 nitrogen and oxygen atoms in total. The molecular formula is C69H135NO5. The Hall–Kier alpha value is -1.40. The van der Waals surface area contributed by atoms with E-state index in [1.54, 1.807) is 0 Å².